The minimum atomic E-state index is -0.433. The first kappa shape index (κ1) is 22.7. The zero-order valence-electron chi connectivity index (χ0n) is 18.9. The van der Waals surface area contributed by atoms with E-state index in [1.165, 1.54) is 6.92 Å². The number of anilines is 2. The van der Waals surface area contributed by atoms with Gasteiger partial charge in [0, 0.05) is 24.0 Å². The number of fused-ring (bicyclic) bond motifs is 1. The summed E-state index contributed by atoms with van der Waals surface area (Å²) in [5.41, 5.74) is 2.99. The molecule has 1 aromatic heterocycles. The lowest BCUT2D eigenvalue weighted by Gasteiger charge is -2.19. The van der Waals surface area contributed by atoms with Gasteiger partial charge in [-0.25, -0.2) is 9.78 Å². The number of amides is 2. The normalized spacial score (nSPS) is 13.9. The number of nitrogens with one attached hydrogen (secondary N) is 2. The number of benzene rings is 2. The number of aromatic nitrogens is 2. The molecule has 1 fully saturated rings. The van der Waals surface area contributed by atoms with Crippen LogP contribution in [0.15, 0.2) is 47.5 Å². The van der Waals surface area contributed by atoms with E-state index in [9.17, 15) is 14.4 Å². The number of Topliss-reactive ketones (excluding diaryl/α,β-unsaturated/α-hetero) is 1. The van der Waals surface area contributed by atoms with Gasteiger partial charge in [0.25, 0.3) is 5.56 Å². The molecule has 172 valence electrons. The molecular weight excluding hydrogens is 420 g/mol. The Hall–Kier alpha value is -3.52. The van der Waals surface area contributed by atoms with E-state index in [0.717, 1.165) is 31.2 Å². The first-order valence-corrected chi connectivity index (χ1v) is 11.2. The van der Waals surface area contributed by atoms with Crippen molar-refractivity contribution in [2.45, 2.75) is 45.1 Å². The molecule has 2 N–H and O–H groups in total. The van der Waals surface area contributed by atoms with Gasteiger partial charge in [-0.05, 0) is 55.5 Å². The van der Waals surface area contributed by atoms with E-state index in [2.05, 4.69) is 15.6 Å². The lowest BCUT2D eigenvalue weighted by molar-refractivity contribution is 0.101. The Kier molecular flexibility index (Phi) is 6.84. The number of urea groups is 1. The number of nitrogens with zero attached hydrogens (tertiary/aromatic N) is 2. The van der Waals surface area contributed by atoms with Crippen LogP contribution in [-0.2, 0) is 11.3 Å². The van der Waals surface area contributed by atoms with Crippen molar-refractivity contribution in [2.24, 2.45) is 0 Å². The van der Waals surface area contributed by atoms with Gasteiger partial charge in [-0.15, -0.1) is 0 Å². The number of carbonyl (C=O) groups is 2. The molecule has 0 spiro atoms. The van der Waals surface area contributed by atoms with Crippen LogP contribution >= 0.6 is 0 Å². The quantitative estimate of drug-likeness (QED) is 0.517. The number of hydrogen-bond acceptors (Lipinski definition) is 5. The summed E-state index contributed by atoms with van der Waals surface area (Å²) < 4.78 is 6.68. The van der Waals surface area contributed by atoms with E-state index in [-0.39, 0.29) is 17.3 Å². The summed E-state index contributed by atoms with van der Waals surface area (Å²) in [7, 11) is 1.59. The van der Waals surface area contributed by atoms with Crippen molar-refractivity contribution in [3.63, 3.8) is 0 Å². The number of methoxy groups -OCH3 is 1. The Bertz CT molecular complexity index is 1240. The Morgan fingerprint density at radius 3 is 2.67 bits per heavy atom. The molecule has 1 aliphatic carbocycles. The van der Waals surface area contributed by atoms with Crippen LogP contribution in [-0.4, -0.2) is 35.1 Å². The first-order valence-electron chi connectivity index (χ1n) is 11.2. The van der Waals surface area contributed by atoms with Crippen LogP contribution < -0.4 is 16.2 Å². The Labute approximate surface area is 192 Å². The third-order valence-corrected chi connectivity index (χ3v) is 6.11. The Morgan fingerprint density at radius 1 is 1.15 bits per heavy atom. The molecule has 1 saturated carbocycles. The number of carbonyl (C=O) groups excluding carboxylic acids is 2. The second kappa shape index (κ2) is 9.95. The monoisotopic (exact) mass is 448 g/mol. The second-order valence-electron chi connectivity index (χ2n) is 8.35. The van der Waals surface area contributed by atoms with Gasteiger partial charge in [0.2, 0.25) is 0 Å². The highest BCUT2D eigenvalue weighted by Crippen LogP contribution is 2.40. The second-order valence-corrected chi connectivity index (χ2v) is 8.35. The lowest BCUT2D eigenvalue weighted by Crippen LogP contribution is -2.25. The molecule has 1 heterocycles. The number of rotatable bonds is 7. The topological polar surface area (TPSA) is 102 Å². The minimum Gasteiger partial charge on any atom is -0.383 e. The average Bonchev–Trinajstić information content (AvgIpc) is 3.33. The highest BCUT2D eigenvalue weighted by atomic mass is 16.5. The fourth-order valence-electron chi connectivity index (χ4n) is 4.47. The van der Waals surface area contributed by atoms with Crippen molar-refractivity contribution in [1.29, 1.82) is 0 Å². The summed E-state index contributed by atoms with van der Waals surface area (Å²) in [5, 5.41) is 6.27. The van der Waals surface area contributed by atoms with E-state index in [0.29, 0.717) is 41.0 Å². The summed E-state index contributed by atoms with van der Waals surface area (Å²) in [6.07, 6.45) is 5.64. The van der Waals surface area contributed by atoms with Crippen molar-refractivity contribution in [3.8, 4) is 0 Å². The molecule has 0 unspecified atom stereocenters. The van der Waals surface area contributed by atoms with Crippen LogP contribution in [0.25, 0.3) is 10.9 Å². The van der Waals surface area contributed by atoms with Crippen LogP contribution in [0.4, 0.5) is 16.2 Å². The van der Waals surface area contributed by atoms with Crippen LogP contribution in [0, 0.1) is 0 Å². The fourth-order valence-corrected chi connectivity index (χ4v) is 4.47. The standard InChI is InChI=1S/C25H28N4O4/c1-16(30)18-8-5-9-19(14-18)27-25(32)28-21-11-10-20-23(22(21)17-6-3-4-7-17)24(31)29(15-26-20)12-13-33-2/h5,8-11,14-15,17H,3-4,6-7,12-13H2,1-2H3,(H2,27,28,32). The zero-order chi connectivity index (χ0) is 23.4. The van der Waals surface area contributed by atoms with Crippen LogP contribution in [0.5, 0.6) is 0 Å². The SMILES string of the molecule is COCCn1cnc2ccc(NC(=O)Nc3cccc(C(C)=O)c3)c(C3CCCC3)c2c1=O. The van der Waals surface area contributed by atoms with Crippen molar-refractivity contribution in [2.75, 3.05) is 24.4 Å². The summed E-state index contributed by atoms with van der Waals surface area (Å²) in [5.74, 6) is 0.104. The lowest BCUT2D eigenvalue weighted by atomic mass is 9.92. The molecule has 8 heteroatoms. The molecular formula is C25H28N4O4. The molecule has 0 aliphatic heterocycles. The predicted octanol–water partition coefficient (Wildman–Crippen LogP) is 4.55. The molecule has 0 radical (unpaired) electrons. The van der Waals surface area contributed by atoms with E-state index in [1.807, 2.05) is 6.07 Å². The minimum absolute atomic E-state index is 0.0747. The molecule has 4 rings (SSSR count). The summed E-state index contributed by atoms with van der Waals surface area (Å²) in [4.78, 5) is 42.3. The van der Waals surface area contributed by atoms with Crippen LogP contribution in [0.1, 0.15) is 54.4 Å². The molecule has 3 aromatic rings. The van der Waals surface area contributed by atoms with Crippen LogP contribution in [0.3, 0.4) is 0 Å². The van der Waals surface area contributed by atoms with Gasteiger partial charge < -0.3 is 15.4 Å². The van der Waals surface area contributed by atoms with Crippen molar-refractivity contribution >= 4 is 34.1 Å². The highest BCUT2D eigenvalue weighted by molar-refractivity contribution is 6.03. The van der Waals surface area contributed by atoms with Gasteiger partial charge in [0.1, 0.15) is 0 Å². The smallest absolute Gasteiger partial charge is 0.323 e. The maximum absolute atomic E-state index is 13.3. The highest BCUT2D eigenvalue weighted by Gasteiger charge is 2.25. The molecule has 2 amide bonds. The molecule has 33 heavy (non-hydrogen) atoms. The fraction of sp³-hybridized carbons (Fsp3) is 0.360. The Morgan fingerprint density at radius 2 is 1.94 bits per heavy atom. The van der Waals surface area contributed by atoms with Gasteiger partial charge in [0.15, 0.2) is 5.78 Å². The van der Waals surface area contributed by atoms with Gasteiger partial charge in [-0.1, -0.05) is 25.0 Å². The molecule has 1 aliphatic rings. The summed E-state index contributed by atoms with van der Waals surface area (Å²) in [6, 6.07) is 9.93. The molecule has 8 nitrogen and oxygen atoms in total. The summed E-state index contributed by atoms with van der Waals surface area (Å²) >= 11 is 0. The van der Waals surface area contributed by atoms with Crippen LogP contribution in [0.2, 0.25) is 0 Å². The zero-order valence-corrected chi connectivity index (χ0v) is 18.9. The third-order valence-electron chi connectivity index (χ3n) is 6.11. The molecule has 0 bridgehead atoms. The largest absolute Gasteiger partial charge is 0.383 e. The molecule has 2 aromatic carbocycles. The third kappa shape index (κ3) is 4.96. The van der Waals surface area contributed by atoms with Gasteiger partial charge in [-0.3, -0.25) is 14.2 Å². The van der Waals surface area contributed by atoms with E-state index in [4.69, 9.17) is 4.74 Å². The molecule has 0 atom stereocenters. The predicted molar refractivity (Wildman–Crippen MR) is 128 cm³/mol. The van der Waals surface area contributed by atoms with E-state index < -0.39 is 6.03 Å². The molecule has 0 saturated heterocycles. The number of hydrogen-bond donors (Lipinski definition) is 2. The number of ketones is 1. The van der Waals surface area contributed by atoms with E-state index in [1.54, 1.807) is 48.3 Å². The van der Waals surface area contributed by atoms with Gasteiger partial charge in [-0.2, -0.15) is 0 Å². The maximum atomic E-state index is 13.3. The van der Waals surface area contributed by atoms with Crippen molar-refractivity contribution < 1.29 is 14.3 Å². The van der Waals surface area contributed by atoms with Crippen molar-refractivity contribution in [3.05, 3.63) is 64.2 Å². The van der Waals surface area contributed by atoms with E-state index >= 15 is 0 Å². The average molecular weight is 449 g/mol. The Balaban J connectivity index is 1.70. The van der Waals surface area contributed by atoms with Gasteiger partial charge >= 0.3 is 6.03 Å². The number of ether oxygens (including phenoxy) is 1. The summed E-state index contributed by atoms with van der Waals surface area (Å²) in [6.45, 7) is 2.30. The first-order chi connectivity index (χ1) is 16.0. The van der Waals surface area contributed by atoms with Crippen molar-refractivity contribution in [1.82, 2.24) is 9.55 Å². The van der Waals surface area contributed by atoms with Gasteiger partial charge in [0.05, 0.1) is 30.4 Å². The maximum Gasteiger partial charge on any atom is 0.323 e.